The van der Waals surface area contributed by atoms with Crippen LogP contribution in [-0.2, 0) is 16.0 Å². The van der Waals surface area contributed by atoms with Gasteiger partial charge in [0.2, 0.25) is 5.91 Å². The molecule has 9 heteroatoms. The summed E-state index contributed by atoms with van der Waals surface area (Å²) in [7, 11) is 3.00. The molecule has 2 aromatic carbocycles. The minimum atomic E-state index is -0.462. The molecule has 0 atom stereocenters. The zero-order valence-electron chi connectivity index (χ0n) is 19.2. The van der Waals surface area contributed by atoms with E-state index < -0.39 is 5.91 Å². The highest BCUT2D eigenvalue weighted by Crippen LogP contribution is 2.27. The van der Waals surface area contributed by atoms with E-state index >= 15 is 0 Å². The minimum Gasteiger partial charge on any atom is -0.493 e. The Morgan fingerprint density at radius 1 is 0.909 bits per heavy atom. The van der Waals surface area contributed by atoms with Crippen molar-refractivity contribution >= 4 is 17.7 Å². The van der Waals surface area contributed by atoms with E-state index in [4.69, 9.17) is 9.47 Å². The summed E-state index contributed by atoms with van der Waals surface area (Å²) in [6.45, 7) is 4.45. The molecule has 0 radical (unpaired) electrons. The van der Waals surface area contributed by atoms with Crippen LogP contribution in [0.5, 0.6) is 11.5 Å². The Bertz CT molecular complexity index is 1000. The van der Waals surface area contributed by atoms with Crippen LogP contribution in [0.25, 0.3) is 0 Å². The Kier molecular flexibility index (Phi) is 8.26. The molecule has 176 valence electrons. The van der Waals surface area contributed by atoms with Gasteiger partial charge in [-0.1, -0.05) is 24.3 Å². The molecule has 3 rings (SSSR count). The zero-order valence-corrected chi connectivity index (χ0v) is 19.2. The van der Waals surface area contributed by atoms with Crippen LogP contribution >= 0.6 is 0 Å². The van der Waals surface area contributed by atoms with Crippen molar-refractivity contribution in [1.29, 1.82) is 0 Å². The lowest BCUT2D eigenvalue weighted by Gasteiger charge is -2.34. The van der Waals surface area contributed by atoms with Crippen LogP contribution < -0.4 is 20.3 Å². The number of rotatable bonds is 7. The summed E-state index contributed by atoms with van der Waals surface area (Å²) in [5.41, 5.74) is 7.32. The second-order valence-electron chi connectivity index (χ2n) is 7.83. The third-order valence-electron chi connectivity index (χ3n) is 5.66. The molecule has 0 unspecified atom stereocenters. The lowest BCUT2D eigenvalue weighted by Crippen LogP contribution is -2.53. The summed E-state index contributed by atoms with van der Waals surface area (Å²) >= 11 is 0. The van der Waals surface area contributed by atoms with Gasteiger partial charge in [0.25, 0.3) is 11.8 Å². The predicted octanol–water partition coefficient (Wildman–Crippen LogP) is 1.16. The fourth-order valence-corrected chi connectivity index (χ4v) is 3.66. The molecule has 1 fully saturated rings. The van der Waals surface area contributed by atoms with Crippen LogP contribution in [0.4, 0.5) is 0 Å². The van der Waals surface area contributed by atoms with E-state index in [9.17, 15) is 14.4 Å². The Hall–Kier alpha value is -3.59. The topological polar surface area (TPSA) is 100 Å². The summed E-state index contributed by atoms with van der Waals surface area (Å²) in [6, 6.07) is 12.6. The fourth-order valence-electron chi connectivity index (χ4n) is 3.66. The highest BCUT2D eigenvalue weighted by atomic mass is 16.5. The maximum absolute atomic E-state index is 12.6. The van der Waals surface area contributed by atoms with E-state index in [-0.39, 0.29) is 18.4 Å². The van der Waals surface area contributed by atoms with Gasteiger partial charge in [0.1, 0.15) is 0 Å². The van der Waals surface area contributed by atoms with Crippen LogP contribution in [0.15, 0.2) is 42.5 Å². The molecule has 1 heterocycles. The van der Waals surface area contributed by atoms with Gasteiger partial charge in [0.15, 0.2) is 11.5 Å². The van der Waals surface area contributed by atoms with Crippen molar-refractivity contribution in [2.75, 3.05) is 46.9 Å². The maximum Gasteiger partial charge on any atom is 0.269 e. The Morgan fingerprint density at radius 2 is 1.61 bits per heavy atom. The smallest absolute Gasteiger partial charge is 0.269 e. The van der Waals surface area contributed by atoms with Gasteiger partial charge in [-0.2, -0.15) is 0 Å². The Labute approximate surface area is 193 Å². The third kappa shape index (κ3) is 6.45. The molecule has 2 N–H and O–H groups in total. The lowest BCUT2D eigenvalue weighted by molar-refractivity contribution is -0.132. The highest BCUT2D eigenvalue weighted by molar-refractivity contribution is 5.96. The molecule has 0 aliphatic carbocycles. The van der Waals surface area contributed by atoms with Crippen LogP contribution in [-0.4, -0.2) is 74.5 Å². The molecule has 1 aliphatic rings. The number of nitrogens with zero attached hydrogens (tertiary/aromatic N) is 2. The first-order valence-electron chi connectivity index (χ1n) is 10.8. The van der Waals surface area contributed by atoms with Crippen molar-refractivity contribution in [3.63, 3.8) is 0 Å². The molecule has 1 saturated heterocycles. The van der Waals surface area contributed by atoms with Crippen molar-refractivity contribution in [2.45, 2.75) is 13.3 Å². The molecule has 0 saturated carbocycles. The van der Waals surface area contributed by atoms with E-state index in [0.29, 0.717) is 49.7 Å². The molecule has 0 spiro atoms. The van der Waals surface area contributed by atoms with Gasteiger partial charge in [-0.05, 0) is 36.2 Å². The van der Waals surface area contributed by atoms with Crippen molar-refractivity contribution < 1.29 is 23.9 Å². The Balaban J connectivity index is 1.41. The number of hydrazine groups is 1. The second kappa shape index (κ2) is 11.3. The van der Waals surface area contributed by atoms with Crippen LogP contribution in [0.3, 0.4) is 0 Å². The van der Waals surface area contributed by atoms with Crippen molar-refractivity contribution in [3.05, 3.63) is 59.2 Å². The first kappa shape index (κ1) is 24.1. The van der Waals surface area contributed by atoms with E-state index in [1.165, 1.54) is 20.3 Å². The maximum atomic E-state index is 12.6. The van der Waals surface area contributed by atoms with E-state index in [1.807, 2.05) is 41.0 Å². The molecule has 33 heavy (non-hydrogen) atoms. The van der Waals surface area contributed by atoms with E-state index in [0.717, 1.165) is 11.1 Å². The van der Waals surface area contributed by atoms with Gasteiger partial charge in [0, 0.05) is 31.7 Å². The van der Waals surface area contributed by atoms with Crippen molar-refractivity contribution in [3.8, 4) is 11.5 Å². The molecule has 0 bridgehead atoms. The number of methoxy groups -OCH3 is 2. The fraction of sp³-hybridized carbons (Fsp3) is 0.375. The van der Waals surface area contributed by atoms with Gasteiger partial charge in [0.05, 0.1) is 27.2 Å². The zero-order chi connectivity index (χ0) is 23.8. The molecule has 1 aliphatic heterocycles. The van der Waals surface area contributed by atoms with Gasteiger partial charge in [-0.3, -0.25) is 30.1 Å². The number of nitrogens with one attached hydrogen (secondary N) is 2. The quantitative estimate of drug-likeness (QED) is 0.609. The number of hydrogen-bond acceptors (Lipinski definition) is 6. The summed E-state index contributed by atoms with van der Waals surface area (Å²) in [5.74, 6) is 0.232. The molecular weight excluding hydrogens is 424 g/mol. The summed E-state index contributed by atoms with van der Waals surface area (Å²) < 4.78 is 10.3. The first-order chi connectivity index (χ1) is 15.9. The molecule has 2 aromatic rings. The number of piperazine rings is 1. The lowest BCUT2D eigenvalue weighted by atomic mass is 10.1. The summed E-state index contributed by atoms with van der Waals surface area (Å²) in [4.78, 5) is 41.0. The minimum absolute atomic E-state index is 0.0931. The van der Waals surface area contributed by atoms with Crippen LogP contribution in [0, 0.1) is 6.92 Å². The normalized spacial score (nSPS) is 13.8. The Morgan fingerprint density at radius 3 is 2.27 bits per heavy atom. The summed E-state index contributed by atoms with van der Waals surface area (Å²) in [5, 5.41) is 0. The van der Waals surface area contributed by atoms with E-state index in [2.05, 4.69) is 10.9 Å². The van der Waals surface area contributed by atoms with Gasteiger partial charge >= 0.3 is 0 Å². The first-order valence-corrected chi connectivity index (χ1v) is 10.8. The molecule has 0 aromatic heterocycles. The highest BCUT2D eigenvalue weighted by Gasteiger charge is 2.23. The van der Waals surface area contributed by atoms with Crippen molar-refractivity contribution in [2.24, 2.45) is 0 Å². The van der Waals surface area contributed by atoms with E-state index in [1.54, 1.807) is 12.1 Å². The summed E-state index contributed by atoms with van der Waals surface area (Å²) in [6.07, 6.45) is 0.384. The van der Waals surface area contributed by atoms with Gasteiger partial charge < -0.3 is 14.4 Å². The van der Waals surface area contributed by atoms with Crippen molar-refractivity contribution in [1.82, 2.24) is 20.7 Å². The standard InChI is InChI=1S/C24H30N4O5/c1-17-6-4-5-7-18(17)15-23(30)28-12-10-27(11-13-28)16-22(29)25-26-24(31)19-8-9-20(32-2)21(14-19)33-3/h4-9,14H,10-13,15-16H2,1-3H3,(H,25,29)(H,26,31). The van der Waals surface area contributed by atoms with Gasteiger partial charge in [-0.15, -0.1) is 0 Å². The second-order valence-corrected chi connectivity index (χ2v) is 7.83. The van der Waals surface area contributed by atoms with Gasteiger partial charge in [-0.25, -0.2) is 0 Å². The number of aryl methyl sites for hydroxylation is 1. The monoisotopic (exact) mass is 454 g/mol. The SMILES string of the molecule is COc1ccc(C(=O)NNC(=O)CN2CCN(C(=O)Cc3ccccc3C)CC2)cc1OC. The molecular formula is C24H30N4O5. The van der Waals surface area contributed by atoms with Crippen LogP contribution in [0.2, 0.25) is 0 Å². The number of carbonyl (C=O) groups excluding carboxylic acids is 3. The number of amides is 3. The van der Waals surface area contributed by atoms with Crippen LogP contribution in [0.1, 0.15) is 21.5 Å². The number of ether oxygens (including phenoxy) is 2. The largest absolute Gasteiger partial charge is 0.493 e. The average Bonchev–Trinajstić information content (AvgIpc) is 2.83. The number of carbonyl (C=O) groups is 3. The predicted molar refractivity (Wildman–Crippen MR) is 123 cm³/mol. The number of hydrogen-bond donors (Lipinski definition) is 2. The average molecular weight is 455 g/mol. The molecule has 9 nitrogen and oxygen atoms in total. The molecule has 3 amide bonds. The number of benzene rings is 2. The third-order valence-corrected chi connectivity index (χ3v) is 5.66.